The Morgan fingerprint density at radius 2 is 1.65 bits per heavy atom. The van der Waals surface area contributed by atoms with Crippen molar-refractivity contribution in [2.75, 3.05) is 39.4 Å². The van der Waals surface area contributed by atoms with Crippen molar-refractivity contribution < 1.29 is 4.74 Å². The van der Waals surface area contributed by atoms with Crippen LogP contribution in [0.3, 0.4) is 0 Å². The third-order valence-corrected chi connectivity index (χ3v) is 4.70. The fourth-order valence-corrected chi connectivity index (χ4v) is 3.76. The van der Waals surface area contributed by atoms with E-state index in [4.69, 9.17) is 10.5 Å². The molecule has 2 bridgehead atoms. The fraction of sp³-hybridized carbons (Fsp3) is 1.00. The fourth-order valence-electron chi connectivity index (χ4n) is 3.76. The molecule has 0 radical (unpaired) electrons. The van der Waals surface area contributed by atoms with Crippen molar-refractivity contribution in [2.24, 2.45) is 5.73 Å². The second kappa shape index (κ2) is 5.22. The Labute approximate surface area is 104 Å². The smallest absolute Gasteiger partial charge is 0.0594 e. The van der Waals surface area contributed by atoms with E-state index in [2.05, 4.69) is 9.80 Å². The van der Waals surface area contributed by atoms with Crippen molar-refractivity contribution >= 4 is 0 Å². The third kappa shape index (κ3) is 2.65. The van der Waals surface area contributed by atoms with Gasteiger partial charge < -0.3 is 10.5 Å². The first kappa shape index (κ1) is 11.9. The highest BCUT2D eigenvalue weighted by atomic mass is 16.5. The van der Waals surface area contributed by atoms with Crippen molar-refractivity contribution in [1.82, 2.24) is 9.80 Å². The van der Waals surface area contributed by atoms with Crippen LogP contribution in [0.15, 0.2) is 0 Å². The zero-order valence-corrected chi connectivity index (χ0v) is 10.7. The molecule has 0 aromatic carbocycles. The van der Waals surface area contributed by atoms with Crippen LogP contribution in [0.1, 0.15) is 25.7 Å². The molecule has 17 heavy (non-hydrogen) atoms. The molecule has 3 aliphatic heterocycles. The number of rotatable bonds is 3. The Bertz CT molecular complexity index is 241. The molecule has 3 fully saturated rings. The predicted octanol–water partition coefficient (Wildman–Crippen LogP) is 0.273. The molecule has 2 N–H and O–H groups in total. The van der Waals surface area contributed by atoms with Crippen LogP contribution in [0.2, 0.25) is 0 Å². The van der Waals surface area contributed by atoms with Gasteiger partial charge in [0.15, 0.2) is 0 Å². The number of ether oxygens (including phenoxy) is 1. The Hall–Kier alpha value is -0.160. The maximum absolute atomic E-state index is 6.10. The van der Waals surface area contributed by atoms with Gasteiger partial charge in [-0.1, -0.05) is 0 Å². The van der Waals surface area contributed by atoms with Crippen LogP contribution in [0.4, 0.5) is 0 Å². The SMILES string of the molecule is NC1C[C@H]2CC[C@@H](C1)N2CCN1CCOCC1. The summed E-state index contributed by atoms with van der Waals surface area (Å²) in [7, 11) is 0. The largest absolute Gasteiger partial charge is 0.379 e. The van der Waals surface area contributed by atoms with Gasteiger partial charge in [0.05, 0.1) is 13.2 Å². The molecular formula is C13H25N3O. The minimum absolute atomic E-state index is 0.465. The highest BCUT2D eigenvalue weighted by molar-refractivity contribution is 4.96. The minimum atomic E-state index is 0.465. The topological polar surface area (TPSA) is 41.7 Å². The molecule has 4 nitrogen and oxygen atoms in total. The van der Waals surface area contributed by atoms with Gasteiger partial charge in [0.1, 0.15) is 0 Å². The predicted molar refractivity (Wildman–Crippen MR) is 68.0 cm³/mol. The van der Waals surface area contributed by atoms with Gasteiger partial charge in [0, 0.05) is 44.3 Å². The Kier molecular flexibility index (Phi) is 3.66. The lowest BCUT2D eigenvalue weighted by Crippen LogP contribution is -2.50. The van der Waals surface area contributed by atoms with Gasteiger partial charge in [-0.05, 0) is 25.7 Å². The maximum atomic E-state index is 6.10. The summed E-state index contributed by atoms with van der Waals surface area (Å²) in [6.07, 6.45) is 5.20. The molecule has 0 saturated carbocycles. The first-order valence-electron chi connectivity index (χ1n) is 7.14. The molecular weight excluding hydrogens is 214 g/mol. The summed E-state index contributed by atoms with van der Waals surface area (Å²) in [6, 6.07) is 2.03. The number of piperidine rings is 1. The van der Waals surface area contributed by atoms with Gasteiger partial charge in [-0.3, -0.25) is 9.80 Å². The molecule has 0 spiro atoms. The lowest BCUT2D eigenvalue weighted by atomic mass is 9.98. The first-order valence-corrected chi connectivity index (χ1v) is 7.14. The van der Waals surface area contributed by atoms with Gasteiger partial charge in [-0.25, -0.2) is 0 Å². The molecule has 0 aliphatic carbocycles. The zero-order valence-electron chi connectivity index (χ0n) is 10.7. The lowest BCUT2D eigenvalue weighted by Gasteiger charge is -2.39. The van der Waals surface area contributed by atoms with Crippen molar-refractivity contribution in [3.05, 3.63) is 0 Å². The monoisotopic (exact) mass is 239 g/mol. The molecule has 0 amide bonds. The van der Waals surface area contributed by atoms with Crippen LogP contribution in [0.5, 0.6) is 0 Å². The van der Waals surface area contributed by atoms with E-state index in [0.717, 1.165) is 38.4 Å². The number of fused-ring (bicyclic) bond motifs is 2. The summed E-state index contributed by atoms with van der Waals surface area (Å²) >= 11 is 0. The molecule has 3 rings (SSSR count). The van der Waals surface area contributed by atoms with Crippen LogP contribution >= 0.6 is 0 Å². The normalized spacial score (nSPS) is 39.7. The number of nitrogens with zero attached hydrogens (tertiary/aromatic N) is 2. The van der Waals surface area contributed by atoms with Crippen LogP contribution in [0.25, 0.3) is 0 Å². The molecule has 3 aliphatic rings. The standard InChI is InChI=1S/C13H25N3O/c14-11-9-12-1-2-13(10-11)16(12)4-3-15-5-7-17-8-6-15/h11-13H,1-10,14H2/t11?,12-,13+. The van der Waals surface area contributed by atoms with Gasteiger partial charge in [0.25, 0.3) is 0 Å². The molecule has 3 saturated heterocycles. The van der Waals surface area contributed by atoms with E-state index in [-0.39, 0.29) is 0 Å². The van der Waals surface area contributed by atoms with Crippen molar-refractivity contribution in [1.29, 1.82) is 0 Å². The average molecular weight is 239 g/mol. The molecule has 1 unspecified atom stereocenters. The zero-order chi connectivity index (χ0) is 11.7. The quantitative estimate of drug-likeness (QED) is 0.768. The second-order valence-corrected chi connectivity index (χ2v) is 5.81. The van der Waals surface area contributed by atoms with E-state index in [1.165, 1.54) is 38.8 Å². The Morgan fingerprint density at radius 3 is 2.29 bits per heavy atom. The lowest BCUT2D eigenvalue weighted by molar-refractivity contribution is 0.0265. The summed E-state index contributed by atoms with van der Waals surface area (Å²) in [5, 5.41) is 0. The molecule has 0 aromatic heterocycles. The minimum Gasteiger partial charge on any atom is -0.379 e. The molecule has 3 heterocycles. The van der Waals surface area contributed by atoms with E-state index in [1.54, 1.807) is 0 Å². The summed E-state index contributed by atoms with van der Waals surface area (Å²) in [5.41, 5.74) is 6.10. The van der Waals surface area contributed by atoms with E-state index >= 15 is 0 Å². The summed E-state index contributed by atoms with van der Waals surface area (Å²) in [5.74, 6) is 0. The molecule has 0 aromatic rings. The summed E-state index contributed by atoms with van der Waals surface area (Å²) in [4.78, 5) is 5.27. The third-order valence-electron chi connectivity index (χ3n) is 4.70. The summed E-state index contributed by atoms with van der Waals surface area (Å²) < 4.78 is 5.39. The van der Waals surface area contributed by atoms with Crippen molar-refractivity contribution in [3.8, 4) is 0 Å². The van der Waals surface area contributed by atoms with E-state index < -0.39 is 0 Å². The highest BCUT2D eigenvalue weighted by Crippen LogP contribution is 2.34. The molecule has 3 atom stereocenters. The average Bonchev–Trinajstić information content (AvgIpc) is 2.59. The van der Waals surface area contributed by atoms with Crippen LogP contribution in [0, 0.1) is 0 Å². The number of nitrogens with two attached hydrogens (primary N) is 1. The van der Waals surface area contributed by atoms with Crippen LogP contribution < -0.4 is 5.73 Å². The molecule has 4 heteroatoms. The first-order chi connectivity index (χ1) is 8.33. The second-order valence-electron chi connectivity index (χ2n) is 5.81. The van der Waals surface area contributed by atoms with Gasteiger partial charge in [0.2, 0.25) is 0 Å². The Balaban J connectivity index is 1.48. The van der Waals surface area contributed by atoms with Crippen LogP contribution in [-0.4, -0.2) is 67.3 Å². The number of hydrogen-bond donors (Lipinski definition) is 1. The van der Waals surface area contributed by atoms with Crippen LogP contribution in [-0.2, 0) is 4.74 Å². The summed E-state index contributed by atoms with van der Waals surface area (Å²) in [6.45, 7) is 6.51. The molecule has 98 valence electrons. The van der Waals surface area contributed by atoms with Crippen molar-refractivity contribution in [3.63, 3.8) is 0 Å². The van der Waals surface area contributed by atoms with Gasteiger partial charge in [-0.15, -0.1) is 0 Å². The van der Waals surface area contributed by atoms with E-state index in [9.17, 15) is 0 Å². The van der Waals surface area contributed by atoms with Crippen molar-refractivity contribution in [2.45, 2.75) is 43.8 Å². The van der Waals surface area contributed by atoms with Gasteiger partial charge in [-0.2, -0.15) is 0 Å². The van der Waals surface area contributed by atoms with Gasteiger partial charge >= 0.3 is 0 Å². The maximum Gasteiger partial charge on any atom is 0.0594 e. The number of morpholine rings is 1. The van der Waals surface area contributed by atoms with E-state index in [0.29, 0.717) is 6.04 Å². The number of hydrogen-bond acceptors (Lipinski definition) is 4. The highest BCUT2D eigenvalue weighted by Gasteiger charge is 2.39. The Morgan fingerprint density at radius 1 is 1.00 bits per heavy atom. The van der Waals surface area contributed by atoms with E-state index in [1.807, 2.05) is 0 Å².